The SMILES string of the molecule is CCNC(=NCc1ccc(C(=O)NCC(N)=O)cc1)NCC(C)c1cccc(C)c1.I. The van der Waals surface area contributed by atoms with E-state index in [4.69, 9.17) is 5.73 Å². The van der Waals surface area contributed by atoms with Crippen molar-refractivity contribution in [3.63, 3.8) is 0 Å². The summed E-state index contributed by atoms with van der Waals surface area (Å²) in [5, 5.41) is 9.12. The van der Waals surface area contributed by atoms with Gasteiger partial charge in [-0.05, 0) is 43.0 Å². The summed E-state index contributed by atoms with van der Waals surface area (Å²) in [5.74, 6) is 0.200. The van der Waals surface area contributed by atoms with E-state index in [-0.39, 0.29) is 36.4 Å². The number of amides is 2. The molecule has 2 aromatic rings. The minimum absolute atomic E-state index is 0. The molecule has 0 saturated heterocycles. The van der Waals surface area contributed by atoms with E-state index in [1.54, 1.807) is 12.1 Å². The Morgan fingerprint density at radius 2 is 1.77 bits per heavy atom. The molecule has 1 atom stereocenters. The van der Waals surface area contributed by atoms with E-state index in [0.29, 0.717) is 18.0 Å². The molecule has 168 valence electrons. The highest BCUT2D eigenvalue weighted by atomic mass is 127. The van der Waals surface area contributed by atoms with Crippen molar-refractivity contribution < 1.29 is 9.59 Å². The number of aryl methyl sites for hydroxylation is 1. The van der Waals surface area contributed by atoms with Crippen LogP contribution in [0.2, 0.25) is 0 Å². The first kappa shape index (κ1) is 26.4. The van der Waals surface area contributed by atoms with E-state index in [9.17, 15) is 9.59 Å². The molecule has 2 rings (SSSR count). The third-order valence-electron chi connectivity index (χ3n) is 4.59. The molecule has 5 N–H and O–H groups in total. The number of aliphatic imine (C=N–C) groups is 1. The lowest BCUT2D eigenvalue weighted by atomic mass is 9.99. The zero-order chi connectivity index (χ0) is 21.9. The fourth-order valence-corrected chi connectivity index (χ4v) is 2.89. The average molecular weight is 537 g/mol. The highest BCUT2D eigenvalue weighted by molar-refractivity contribution is 14.0. The van der Waals surface area contributed by atoms with Gasteiger partial charge < -0.3 is 21.7 Å². The van der Waals surface area contributed by atoms with Crippen LogP contribution < -0.4 is 21.7 Å². The normalized spacial score (nSPS) is 11.8. The summed E-state index contributed by atoms with van der Waals surface area (Å²) in [6, 6.07) is 15.6. The van der Waals surface area contributed by atoms with Gasteiger partial charge in [-0.3, -0.25) is 9.59 Å². The number of carbonyl (C=O) groups excluding carboxylic acids is 2. The summed E-state index contributed by atoms with van der Waals surface area (Å²) in [6.07, 6.45) is 0. The zero-order valence-corrected chi connectivity index (χ0v) is 20.6. The minimum Gasteiger partial charge on any atom is -0.368 e. The van der Waals surface area contributed by atoms with Gasteiger partial charge in [-0.15, -0.1) is 24.0 Å². The molecule has 0 aromatic heterocycles. The second-order valence-corrected chi connectivity index (χ2v) is 7.24. The molecule has 1 unspecified atom stereocenters. The topological polar surface area (TPSA) is 109 Å². The molecule has 0 bridgehead atoms. The van der Waals surface area contributed by atoms with Gasteiger partial charge in [-0.25, -0.2) is 4.99 Å². The molecule has 0 heterocycles. The van der Waals surface area contributed by atoms with Crippen molar-refractivity contribution >= 4 is 41.8 Å². The van der Waals surface area contributed by atoms with Crippen LogP contribution in [0, 0.1) is 6.92 Å². The molecule has 0 spiro atoms. The van der Waals surface area contributed by atoms with Crippen molar-refractivity contribution in [2.75, 3.05) is 19.6 Å². The smallest absolute Gasteiger partial charge is 0.251 e. The number of halogens is 1. The van der Waals surface area contributed by atoms with Crippen molar-refractivity contribution in [2.24, 2.45) is 10.7 Å². The largest absolute Gasteiger partial charge is 0.368 e. The van der Waals surface area contributed by atoms with E-state index in [0.717, 1.165) is 24.6 Å². The van der Waals surface area contributed by atoms with E-state index in [2.05, 4.69) is 59.1 Å². The minimum atomic E-state index is -0.575. The lowest BCUT2D eigenvalue weighted by molar-refractivity contribution is -0.117. The third-order valence-corrected chi connectivity index (χ3v) is 4.59. The standard InChI is InChI=1S/C23H31N5O2.HI/c1-4-25-23(27-13-17(3)20-7-5-6-16(2)12-20)28-14-18-8-10-19(11-9-18)22(30)26-15-21(24)29;/h5-12,17H,4,13-15H2,1-3H3,(H2,24,29)(H,26,30)(H2,25,27,28);1H. The highest BCUT2D eigenvalue weighted by Gasteiger charge is 2.08. The first-order valence-electron chi connectivity index (χ1n) is 10.1. The zero-order valence-electron chi connectivity index (χ0n) is 18.3. The summed E-state index contributed by atoms with van der Waals surface area (Å²) >= 11 is 0. The van der Waals surface area contributed by atoms with E-state index in [1.807, 2.05) is 19.1 Å². The predicted molar refractivity (Wildman–Crippen MR) is 136 cm³/mol. The van der Waals surface area contributed by atoms with Gasteiger partial charge in [0, 0.05) is 18.7 Å². The van der Waals surface area contributed by atoms with E-state index < -0.39 is 5.91 Å². The molecule has 0 aliphatic heterocycles. The first-order chi connectivity index (χ1) is 14.4. The quantitative estimate of drug-likeness (QED) is 0.224. The van der Waals surface area contributed by atoms with Crippen LogP contribution in [-0.4, -0.2) is 37.4 Å². The molecule has 0 fully saturated rings. The van der Waals surface area contributed by atoms with E-state index in [1.165, 1.54) is 11.1 Å². The summed E-state index contributed by atoms with van der Waals surface area (Å²) in [4.78, 5) is 27.3. The number of hydrogen-bond donors (Lipinski definition) is 4. The Kier molecular flexibility index (Phi) is 11.6. The van der Waals surface area contributed by atoms with Crippen molar-refractivity contribution in [3.05, 3.63) is 70.8 Å². The molecule has 8 heteroatoms. The number of guanidine groups is 1. The molecule has 7 nitrogen and oxygen atoms in total. The highest BCUT2D eigenvalue weighted by Crippen LogP contribution is 2.15. The number of nitrogens with zero attached hydrogens (tertiary/aromatic N) is 1. The molecule has 31 heavy (non-hydrogen) atoms. The monoisotopic (exact) mass is 537 g/mol. The average Bonchev–Trinajstić information content (AvgIpc) is 2.74. The van der Waals surface area contributed by atoms with Gasteiger partial charge in [0.05, 0.1) is 13.1 Å². The molecule has 2 amide bonds. The maximum absolute atomic E-state index is 11.9. The maximum Gasteiger partial charge on any atom is 0.251 e. The van der Waals surface area contributed by atoms with Crippen LogP contribution in [0.4, 0.5) is 0 Å². The summed E-state index contributed by atoms with van der Waals surface area (Å²) in [5.41, 5.74) is 9.04. The summed E-state index contributed by atoms with van der Waals surface area (Å²) < 4.78 is 0. The van der Waals surface area contributed by atoms with Crippen LogP contribution in [0.3, 0.4) is 0 Å². The van der Waals surface area contributed by atoms with E-state index >= 15 is 0 Å². The first-order valence-corrected chi connectivity index (χ1v) is 10.1. The van der Waals surface area contributed by atoms with Crippen LogP contribution in [-0.2, 0) is 11.3 Å². The summed E-state index contributed by atoms with van der Waals surface area (Å²) in [7, 11) is 0. The lowest BCUT2D eigenvalue weighted by Gasteiger charge is -2.16. The van der Waals surface area contributed by atoms with Gasteiger partial charge in [-0.2, -0.15) is 0 Å². The number of nitrogens with one attached hydrogen (secondary N) is 3. The van der Waals surface area contributed by atoms with Crippen molar-refractivity contribution in [2.45, 2.75) is 33.2 Å². The maximum atomic E-state index is 11.9. The molecule has 2 aromatic carbocycles. The van der Waals surface area contributed by atoms with Crippen LogP contribution in [0.15, 0.2) is 53.5 Å². The van der Waals surface area contributed by atoms with Crippen molar-refractivity contribution in [1.29, 1.82) is 0 Å². The van der Waals surface area contributed by atoms with Gasteiger partial charge in [0.2, 0.25) is 5.91 Å². The summed E-state index contributed by atoms with van der Waals surface area (Å²) in [6.45, 7) is 8.16. The second kappa shape index (κ2) is 13.6. The number of hydrogen-bond acceptors (Lipinski definition) is 3. The Labute approximate surface area is 201 Å². The fraction of sp³-hybridized carbons (Fsp3) is 0.348. The van der Waals surface area contributed by atoms with Crippen LogP contribution in [0.5, 0.6) is 0 Å². The molecule has 0 radical (unpaired) electrons. The Morgan fingerprint density at radius 1 is 1.06 bits per heavy atom. The Hall–Kier alpha value is -2.62. The van der Waals surface area contributed by atoms with Gasteiger partial charge in [0.1, 0.15) is 0 Å². The van der Waals surface area contributed by atoms with Crippen LogP contribution in [0.25, 0.3) is 0 Å². The van der Waals surface area contributed by atoms with Crippen molar-refractivity contribution in [1.82, 2.24) is 16.0 Å². The van der Waals surface area contributed by atoms with Crippen LogP contribution >= 0.6 is 24.0 Å². The Balaban J connectivity index is 0.00000480. The fourth-order valence-electron chi connectivity index (χ4n) is 2.89. The molecular weight excluding hydrogens is 505 g/mol. The number of nitrogens with two attached hydrogens (primary N) is 1. The Bertz CT molecular complexity index is 884. The Morgan fingerprint density at radius 3 is 2.39 bits per heavy atom. The molecular formula is C23H32IN5O2. The molecule has 0 aliphatic rings. The van der Waals surface area contributed by atoms with Gasteiger partial charge in [-0.1, -0.05) is 48.9 Å². The predicted octanol–water partition coefficient (Wildman–Crippen LogP) is 2.69. The molecule has 0 saturated carbocycles. The number of primary amides is 1. The number of carbonyl (C=O) groups is 2. The van der Waals surface area contributed by atoms with Gasteiger partial charge in [0.25, 0.3) is 5.91 Å². The lowest BCUT2D eigenvalue weighted by Crippen LogP contribution is -2.39. The number of benzene rings is 2. The van der Waals surface area contributed by atoms with Crippen LogP contribution in [0.1, 0.15) is 46.8 Å². The van der Waals surface area contributed by atoms with Gasteiger partial charge in [0.15, 0.2) is 5.96 Å². The van der Waals surface area contributed by atoms with Gasteiger partial charge >= 0.3 is 0 Å². The third kappa shape index (κ3) is 9.37. The molecule has 0 aliphatic carbocycles. The van der Waals surface area contributed by atoms with Crippen molar-refractivity contribution in [3.8, 4) is 0 Å². The second-order valence-electron chi connectivity index (χ2n) is 7.24. The number of rotatable bonds is 9.